The van der Waals surface area contributed by atoms with Gasteiger partial charge in [0.05, 0.1) is 0 Å². The van der Waals surface area contributed by atoms with E-state index in [4.69, 9.17) is 0 Å². The van der Waals surface area contributed by atoms with Gasteiger partial charge in [-0.3, -0.25) is 9.88 Å². The summed E-state index contributed by atoms with van der Waals surface area (Å²) in [7, 11) is 0. The average molecular weight is 255 g/mol. The summed E-state index contributed by atoms with van der Waals surface area (Å²) in [5.41, 5.74) is 2.52. The first-order chi connectivity index (χ1) is 6.79. The van der Waals surface area contributed by atoms with Gasteiger partial charge >= 0.3 is 0 Å². The van der Waals surface area contributed by atoms with Gasteiger partial charge in [-0.05, 0) is 24.5 Å². The van der Waals surface area contributed by atoms with E-state index in [0.29, 0.717) is 0 Å². The molecule has 14 heavy (non-hydrogen) atoms. The molecule has 1 aromatic rings. The molecule has 2 heterocycles. The SMILES string of the molecule is Cc1ncccc1CN1CC(CBr)C1. The van der Waals surface area contributed by atoms with Crippen LogP contribution in [0.15, 0.2) is 18.3 Å². The number of halogens is 1. The molecule has 1 fully saturated rings. The monoisotopic (exact) mass is 254 g/mol. The average Bonchev–Trinajstić information content (AvgIpc) is 2.13. The van der Waals surface area contributed by atoms with Crippen LogP contribution in [0.25, 0.3) is 0 Å². The molecule has 0 unspecified atom stereocenters. The minimum Gasteiger partial charge on any atom is -0.298 e. The lowest BCUT2D eigenvalue weighted by Gasteiger charge is -2.38. The quantitative estimate of drug-likeness (QED) is 0.770. The molecule has 0 N–H and O–H groups in total. The molecule has 0 amide bonds. The van der Waals surface area contributed by atoms with Gasteiger partial charge in [-0.2, -0.15) is 0 Å². The number of aryl methyl sites for hydroxylation is 1. The molecule has 0 atom stereocenters. The van der Waals surface area contributed by atoms with Gasteiger partial charge in [0, 0.05) is 36.9 Å². The summed E-state index contributed by atoms with van der Waals surface area (Å²) < 4.78 is 0. The van der Waals surface area contributed by atoms with Crippen LogP contribution in [0, 0.1) is 12.8 Å². The van der Waals surface area contributed by atoms with Gasteiger partial charge in [-0.15, -0.1) is 0 Å². The van der Waals surface area contributed by atoms with Gasteiger partial charge < -0.3 is 0 Å². The zero-order chi connectivity index (χ0) is 9.97. The normalized spacial score (nSPS) is 18.1. The molecular weight excluding hydrogens is 240 g/mol. The Morgan fingerprint density at radius 3 is 3.00 bits per heavy atom. The van der Waals surface area contributed by atoms with E-state index in [2.05, 4.69) is 38.8 Å². The number of likely N-dealkylation sites (tertiary alicyclic amines) is 1. The van der Waals surface area contributed by atoms with Crippen LogP contribution in [0.1, 0.15) is 11.3 Å². The van der Waals surface area contributed by atoms with Gasteiger partial charge in [-0.25, -0.2) is 0 Å². The summed E-state index contributed by atoms with van der Waals surface area (Å²) in [6.07, 6.45) is 1.86. The molecule has 0 saturated carbocycles. The topological polar surface area (TPSA) is 16.1 Å². The first kappa shape index (κ1) is 10.1. The maximum Gasteiger partial charge on any atom is 0.0417 e. The van der Waals surface area contributed by atoms with Crippen molar-refractivity contribution in [3.63, 3.8) is 0 Å². The molecule has 0 spiro atoms. The van der Waals surface area contributed by atoms with Crippen molar-refractivity contribution in [3.05, 3.63) is 29.6 Å². The summed E-state index contributed by atoms with van der Waals surface area (Å²) >= 11 is 3.51. The van der Waals surface area contributed by atoms with Crippen LogP contribution in [-0.2, 0) is 6.54 Å². The third-order valence-electron chi connectivity index (χ3n) is 2.76. The zero-order valence-electron chi connectivity index (χ0n) is 8.41. The van der Waals surface area contributed by atoms with Crippen molar-refractivity contribution in [1.82, 2.24) is 9.88 Å². The van der Waals surface area contributed by atoms with Gasteiger partial charge in [0.2, 0.25) is 0 Å². The Morgan fingerprint density at radius 2 is 2.36 bits per heavy atom. The van der Waals surface area contributed by atoms with Crippen LogP contribution in [-0.4, -0.2) is 28.3 Å². The highest BCUT2D eigenvalue weighted by Gasteiger charge is 2.25. The van der Waals surface area contributed by atoms with E-state index in [-0.39, 0.29) is 0 Å². The number of pyridine rings is 1. The van der Waals surface area contributed by atoms with Crippen LogP contribution in [0.5, 0.6) is 0 Å². The maximum absolute atomic E-state index is 4.29. The van der Waals surface area contributed by atoms with E-state index < -0.39 is 0 Å². The third kappa shape index (κ3) is 2.15. The number of alkyl halides is 1. The highest BCUT2D eigenvalue weighted by molar-refractivity contribution is 9.09. The molecule has 0 bridgehead atoms. The molecular formula is C11H15BrN2. The fraction of sp³-hybridized carbons (Fsp3) is 0.545. The lowest BCUT2D eigenvalue weighted by Crippen LogP contribution is -2.46. The summed E-state index contributed by atoms with van der Waals surface area (Å²) in [6, 6.07) is 4.19. The Hall–Kier alpha value is -0.410. The van der Waals surface area contributed by atoms with Crippen molar-refractivity contribution in [2.24, 2.45) is 5.92 Å². The molecule has 2 rings (SSSR count). The highest BCUT2D eigenvalue weighted by Crippen LogP contribution is 2.20. The molecule has 3 heteroatoms. The Morgan fingerprint density at radius 1 is 1.57 bits per heavy atom. The first-order valence-corrected chi connectivity index (χ1v) is 6.10. The third-order valence-corrected chi connectivity index (χ3v) is 3.68. The van der Waals surface area contributed by atoms with Gasteiger partial charge in [0.15, 0.2) is 0 Å². The maximum atomic E-state index is 4.29. The second-order valence-electron chi connectivity index (χ2n) is 3.96. The molecule has 1 aliphatic rings. The van der Waals surface area contributed by atoms with E-state index in [1.54, 1.807) is 0 Å². The molecule has 1 aliphatic heterocycles. The standard InChI is InChI=1S/C11H15BrN2/c1-9-11(3-2-4-13-9)8-14-6-10(5-12)7-14/h2-4,10H,5-8H2,1H3. The number of hydrogen-bond acceptors (Lipinski definition) is 2. The molecule has 0 aromatic carbocycles. The van der Waals surface area contributed by atoms with Crippen molar-refractivity contribution in [3.8, 4) is 0 Å². The minimum atomic E-state index is 0.854. The Labute approximate surface area is 93.5 Å². The van der Waals surface area contributed by atoms with E-state index in [9.17, 15) is 0 Å². The summed E-state index contributed by atoms with van der Waals surface area (Å²) in [6.45, 7) is 5.58. The Kier molecular flexibility index (Phi) is 3.19. The number of rotatable bonds is 3. The Balaban J connectivity index is 1.90. The Bertz CT molecular complexity index is 308. The number of nitrogens with zero attached hydrogens (tertiary/aromatic N) is 2. The summed E-state index contributed by atoms with van der Waals surface area (Å²) in [4.78, 5) is 6.76. The summed E-state index contributed by atoms with van der Waals surface area (Å²) in [5.74, 6) is 0.854. The predicted octanol–water partition coefficient (Wildman–Crippen LogP) is 2.22. The molecule has 0 aliphatic carbocycles. The molecule has 76 valence electrons. The van der Waals surface area contributed by atoms with Crippen molar-refractivity contribution in [1.29, 1.82) is 0 Å². The second kappa shape index (κ2) is 4.41. The van der Waals surface area contributed by atoms with E-state index in [1.807, 2.05) is 12.3 Å². The van der Waals surface area contributed by atoms with E-state index in [0.717, 1.165) is 23.5 Å². The van der Waals surface area contributed by atoms with Crippen LogP contribution in [0.2, 0.25) is 0 Å². The predicted molar refractivity (Wildman–Crippen MR) is 61.5 cm³/mol. The lowest BCUT2D eigenvalue weighted by atomic mass is 10.0. The number of aromatic nitrogens is 1. The second-order valence-corrected chi connectivity index (χ2v) is 4.61. The van der Waals surface area contributed by atoms with Gasteiger partial charge in [-0.1, -0.05) is 22.0 Å². The molecule has 2 nitrogen and oxygen atoms in total. The van der Waals surface area contributed by atoms with E-state index >= 15 is 0 Å². The van der Waals surface area contributed by atoms with Crippen LogP contribution >= 0.6 is 15.9 Å². The van der Waals surface area contributed by atoms with Crippen molar-refractivity contribution < 1.29 is 0 Å². The zero-order valence-corrected chi connectivity index (χ0v) is 10.00. The number of hydrogen-bond donors (Lipinski definition) is 0. The van der Waals surface area contributed by atoms with E-state index in [1.165, 1.54) is 18.7 Å². The van der Waals surface area contributed by atoms with Crippen LogP contribution in [0.4, 0.5) is 0 Å². The lowest BCUT2D eigenvalue weighted by molar-refractivity contribution is 0.108. The largest absolute Gasteiger partial charge is 0.298 e. The summed E-state index contributed by atoms with van der Waals surface area (Å²) in [5, 5.41) is 1.13. The molecule has 0 radical (unpaired) electrons. The molecule has 1 saturated heterocycles. The fourth-order valence-corrected chi connectivity index (χ4v) is 2.24. The van der Waals surface area contributed by atoms with Crippen LogP contribution in [0.3, 0.4) is 0 Å². The van der Waals surface area contributed by atoms with Gasteiger partial charge in [0.25, 0.3) is 0 Å². The first-order valence-electron chi connectivity index (χ1n) is 4.98. The fourth-order valence-electron chi connectivity index (χ4n) is 1.83. The van der Waals surface area contributed by atoms with Crippen molar-refractivity contribution >= 4 is 15.9 Å². The molecule has 1 aromatic heterocycles. The highest BCUT2D eigenvalue weighted by atomic mass is 79.9. The smallest absolute Gasteiger partial charge is 0.0417 e. The van der Waals surface area contributed by atoms with Crippen LogP contribution < -0.4 is 0 Å². The van der Waals surface area contributed by atoms with Crippen molar-refractivity contribution in [2.75, 3.05) is 18.4 Å². The van der Waals surface area contributed by atoms with Crippen molar-refractivity contribution in [2.45, 2.75) is 13.5 Å². The minimum absolute atomic E-state index is 0.854. The van der Waals surface area contributed by atoms with Gasteiger partial charge in [0.1, 0.15) is 0 Å².